The molecule has 2 atom stereocenters. The fourth-order valence-electron chi connectivity index (χ4n) is 2.53. The van der Waals surface area contributed by atoms with Crippen LogP contribution in [0.3, 0.4) is 0 Å². The molecule has 1 heterocycles. The lowest BCUT2D eigenvalue weighted by Crippen LogP contribution is -2.45. The molecule has 2 bridgehead atoms. The summed E-state index contributed by atoms with van der Waals surface area (Å²) in [4.78, 5) is 13.8. The van der Waals surface area contributed by atoms with Gasteiger partial charge in [-0.2, -0.15) is 0 Å². The molecule has 2 heteroatoms. The monoisotopic (exact) mass is 167 g/mol. The first-order valence-electron chi connectivity index (χ1n) is 4.99. The molecule has 2 fully saturated rings. The van der Waals surface area contributed by atoms with E-state index in [1.807, 2.05) is 0 Å². The van der Waals surface area contributed by atoms with Crippen molar-refractivity contribution >= 4 is 5.91 Å². The molecule has 12 heavy (non-hydrogen) atoms. The van der Waals surface area contributed by atoms with Crippen LogP contribution in [0.25, 0.3) is 0 Å². The average molecular weight is 167 g/mol. The van der Waals surface area contributed by atoms with Crippen LogP contribution in [-0.4, -0.2) is 23.4 Å². The Morgan fingerprint density at radius 3 is 2.83 bits per heavy atom. The van der Waals surface area contributed by atoms with Gasteiger partial charge in [-0.25, -0.2) is 0 Å². The molecule has 1 saturated carbocycles. The molecule has 1 amide bonds. The SMILES string of the molecule is CC(C)N1CC2CCC(C2)C1=O. The van der Waals surface area contributed by atoms with Crippen molar-refractivity contribution in [2.45, 2.75) is 39.2 Å². The van der Waals surface area contributed by atoms with E-state index in [1.165, 1.54) is 12.8 Å². The molecule has 0 aromatic rings. The minimum absolute atomic E-state index is 0.381. The second-order valence-electron chi connectivity index (χ2n) is 4.46. The zero-order valence-corrected chi connectivity index (χ0v) is 7.92. The van der Waals surface area contributed by atoms with E-state index in [0.717, 1.165) is 18.9 Å². The van der Waals surface area contributed by atoms with Crippen LogP contribution in [0.1, 0.15) is 33.1 Å². The molecule has 2 unspecified atom stereocenters. The van der Waals surface area contributed by atoms with Crippen molar-refractivity contribution in [2.75, 3.05) is 6.54 Å². The third kappa shape index (κ3) is 1.13. The van der Waals surface area contributed by atoms with Gasteiger partial charge in [-0.1, -0.05) is 0 Å². The van der Waals surface area contributed by atoms with Crippen LogP contribution in [0.15, 0.2) is 0 Å². The van der Waals surface area contributed by atoms with Gasteiger partial charge in [0, 0.05) is 18.5 Å². The van der Waals surface area contributed by atoms with Crippen molar-refractivity contribution in [3.8, 4) is 0 Å². The van der Waals surface area contributed by atoms with Gasteiger partial charge in [-0.3, -0.25) is 4.79 Å². The molecule has 1 aliphatic heterocycles. The van der Waals surface area contributed by atoms with Crippen LogP contribution in [0, 0.1) is 11.8 Å². The molecule has 1 aliphatic carbocycles. The standard InChI is InChI=1S/C10H17NO/c1-7(2)11-6-8-3-4-9(5-8)10(11)12/h7-9H,3-6H2,1-2H3. The molecule has 0 aromatic heterocycles. The highest BCUT2D eigenvalue weighted by atomic mass is 16.2. The molecule has 2 rings (SSSR count). The maximum absolute atomic E-state index is 11.8. The molecular weight excluding hydrogens is 150 g/mol. The Hall–Kier alpha value is -0.530. The number of amides is 1. The predicted molar refractivity (Wildman–Crippen MR) is 47.7 cm³/mol. The van der Waals surface area contributed by atoms with Gasteiger partial charge in [0.2, 0.25) is 5.91 Å². The highest BCUT2D eigenvalue weighted by Gasteiger charge is 2.39. The van der Waals surface area contributed by atoms with Gasteiger partial charge in [0.25, 0.3) is 0 Å². The van der Waals surface area contributed by atoms with Gasteiger partial charge >= 0.3 is 0 Å². The number of fused-ring (bicyclic) bond motifs is 2. The topological polar surface area (TPSA) is 20.3 Å². The number of carbonyl (C=O) groups is 1. The van der Waals surface area contributed by atoms with Crippen LogP contribution >= 0.6 is 0 Å². The number of rotatable bonds is 1. The molecule has 0 N–H and O–H groups in total. The third-order valence-corrected chi connectivity index (χ3v) is 3.25. The van der Waals surface area contributed by atoms with E-state index >= 15 is 0 Å². The Bertz CT molecular complexity index is 200. The Kier molecular flexibility index (Phi) is 1.85. The predicted octanol–water partition coefficient (Wildman–Crippen LogP) is 1.65. The van der Waals surface area contributed by atoms with E-state index in [1.54, 1.807) is 0 Å². The molecular formula is C10H17NO. The molecule has 2 nitrogen and oxygen atoms in total. The summed E-state index contributed by atoms with van der Waals surface area (Å²) in [7, 11) is 0. The smallest absolute Gasteiger partial charge is 0.225 e. The molecule has 2 aliphatic rings. The lowest BCUT2D eigenvalue weighted by Gasteiger charge is -2.34. The van der Waals surface area contributed by atoms with E-state index in [9.17, 15) is 4.79 Å². The normalized spacial score (nSPS) is 34.9. The lowest BCUT2D eigenvalue weighted by atomic mass is 9.97. The minimum Gasteiger partial charge on any atom is -0.340 e. The average Bonchev–Trinajstić information content (AvgIpc) is 2.41. The van der Waals surface area contributed by atoms with Crippen molar-refractivity contribution in [3.63, 3.8) is 0 Å². The summed E-state index contributed by atoms with van der Waals surface area (Å²) < 4.78 is 0. The summed E-state index contributed by atoms with van der Waals surface area (Å²) in [5.41, 5.74) is 0. The van der Waals surface area contributed by atoms with Crippen LogP contribution < -0.4 is 0 Å². The van der Waals surface area contributed by atoms with Gasteiger partial charge in [0.1, 0.15) is 0 Å². The Balaban J connectivity index is 2.13. The van der Waals surface area contributed by atoms with Gasteiger partial charge in [0.15, 0.2) is 0 Å². The highest BCUT2D eigenvalue weighted by Crippen LogP contribution is 2.37. The largest absolute Gasteiger partial charge is 0.340 e. The second kappa shape index (κ2) is 2.75. The zero-order valence-electron chi connectivity index (χ0n) is 7.92. The number of nitrogens with zero attached hydrogens (tertiary/aromatic N) is 1. The van der Waals surface area contributed by atoms with Crippen LogP contribution in [0.5, 0.6) is 0 Å². The summed E-state index contributed by atoms with van der Waals surface area (Å²) in [5, 5.41) is 0. The highest BCUT2D eigenvalue weighted by molar-refractivity contribution is 5.80. The van der Waals surface area contributed by atoms with Gasteiger partial charge in [-0.15, -0.1) is 0 Å². The Labute approximate surface area is 73.9 Å². The number of carbonyl (C=O) groups excluding carboxylic acids is 1. The maximum Gasteiger partial charge on any atom is 0.225 e. The van der Waals surface area contributed by atoms with Crippen molar-refractivity contribution in [2.24, 2.45) is 11.8 Å². The van der Waals surface area contributed by atoms with Gasteiger partial charge in [-0.05, 0) is 39.0 Å². The molecule has 1 saturated heterocycles. The number of hydrogen-bond acceptors (Lipinski definition) is 1. The number of hydrogen-bond donors (Lipinski definition) is 0. The van der Waals surface area contributed by atoms with E-state index in [2.05, 4.69) is 18.7 Å². The van der Waals surface area contributed by atoms with Gasteiger partial charge in [0.05, 0.1) is 0 Å². The summed E-state index contributed by atoms with van der Waals surface area (Å²) in [5.74, 6) is 1.61. The van der Waals surface area contributed by atoms with Crippen LogP contribution in [0.2, 0.25) is 0 Å². The molecule has 68 valence electrons. The Morgan fingerprint density at radius 2 is 2.17 bits per heavy atom. The number of piperidine rings is 1. The van der Waals surface area contributed by atoms with E-state index < -0.39 is 0 Å². The van der Waals surface area contributed by atoms with E-state index in [0.29, 0.717) is 17.9 Å². The van der Waals surface area contributed by atoms with E-state index in [-0.39, 0.29) is 0 Å². The fourth-order valence-corrected chi connectivity index (χ4v) is 2.53. The summed E-state index contributed by atoms with van der Waals surface area (Å²) >= 11 is 0. The second-order valence-corrected chi connectivity index (χ2v) is 4.46. The summed E-state index contributed by atoms with van der Waals surface area (Å²) in [6.45, 7) is 5.25. The molecule has 0 radical (unpaired) electrons. The van der Waals surface area contributed by atoms with Crippen molar-refractivity contribution in [3.05, 3.63) is 0 Å². The first-order chi connectivity index (χ1) is 5.68. The first kappa shape index (κ1) is 8.09. The zero-order chi connectivity index (χ0) is 8.72. The van der Waals surface area contributed by atoms with Gasteiger partial charge < -0.3 is 4.90 Å². The van der Waals surface area contributed by atoms with E-state index in [4.69, 9.17) is 0 Å². The third-order valence-electron chi connectivity index (χ3n) is 3.25. The fraction of sp³-hybridized carbons (Fsp3) is 0.900. The maximum atomic E-state index is 11.8. The van der Waals surface area contributed by atoms with Crippen molar-refractivity contribution in [1.82, 2.24) is 4.90 Å². The number of likely N-dealkylation sites (tertiary alicyclic amines) is 1. The van der Waals surface area contributed by atoms with Crippen molar-refractivity contribution < 1.29 is 4.79 Å². The quantitative estimate of drug-likeness (QED) is 0.581. The Morgan fingerprint density at radius 1 is 1.42 bits per heavy atom. The lowest BCUT2D eigenvalue weighted by molar-refractivity contribution is -0.139. The molecule has 0 spiro atoms. The summed E-state index contributed by atoms with van der Waals surface area (Å²) in [6.07, 6.45) is 3.59. The molecule has 0 aromatic carbocycles. The summed E-state index contributed by atoms with van der Waals surface area (Å²) in [6, 6.07) is 0.404. The minimum atomic E-state index is 0.381. The van der Waals surface area contributed by atoms with Crippen LogP contribution in [0.4, 0.5) is 0 Å². The van der Waals surface area contributed by atoms with Crippen molar-refractivity contribution in [1.29, 1.82) is 0 Å². The van der Waals surface area contributed by atoms with Crippen LogP contribution in [-0.2, 0) is 4.79 Å². The first-order valence-corrected chi connectivity index (χ1v) is 4.99.